The predicted octanol–water partition coefficient (Wildman–Crippen LogP) is 4.66. The summed E-state index contributed by atoms with van der Waals surface area (Å²) >= 11 is 0. The van der Waals surface area contributed by atoms with Crippen molar-refractivity contribution in [2.75, 3.05) is 0 Å². The molecular weight excluding hydrogens is 258 g/mol. The Kier molecular flexibility index (Phi) is 5.03. The van der Waals surface area contributed by atoms with Crippen molar-refractivity contribution >= 4 is 0 Å². The van der Waals surface area contributed by atoms with E-state index in [0.29, 0.717) is 11.8 Å². The molecule has 2 heteroatoms. The molecule has 2 rings (SSSR count). The lowest BCUT2D eigenvalue weighted by molar-refractivity contribution is 0.310. The number of phenolic OH excluding ortho intramolecular Hbond substituents is 1. The first-order valence-corrected chi connectivity index (χ1v) is 7.50. The fourth-order valence-corrected chi connectivity index (χ4v) is 2.51. The van der Waals surface area contributed by atoms with Crippen LogP contribution >= 0.6 is 0 Å². The second-order valence-corrected chi connectivity index (χ2v) is 6.78. The molecule has 2 aromatic rings. The van der Waals surface area contributed by atoms with Crippen LogP contribution in [0.15, 0.2) is 54.6 Å². The SMILES string of the molecule is CC(C)(C)CC(NCc1cccc(O)c1)c1ccccc1. The van der Waals surface area contributed by atoms with Crippen molar-refractivity contribution in [3.8, 4) is 5.75 Å². The zero-order valence-corrected chi connectivity index (χ0v) is 13.1. The summed E-state index contributed by atoms with van der Waals surface area (Å²) in [5.41, 5.74) is 2.67. The minimum atomic E-state index is 0.256. The molecule has 2 nitrogen and oxygen atoms in total. The Hall–Kier alpha value is -1.80. The van der Waals surface area contributed by atoms with Crippen LogP contribution in [0.3, 0.4) is 0 Å². The topological polar surface area (TPSA) is 32.3 Å². The predicted molar refractivity (Wildman–Crippen MR) is 88.2 cm³/mol. The van der Waals surface area contributed by atoms with Crippen LogP contribution in [0.4, 0.5) is 0 Å². The number of rotatable bonds is 5. The lowest BCUT2D eigenvalue weighted by Gasteiger charge is -2.27. The van der Waals surface area contributed by atoms with Crippen molar-refractivity contribution in [1.82, 2.24) is 5.32 Å². The highest BCUT2D eigenvalue weighted by Crippen LogP contribution is 2.29. The third-order valence-corrected chi connectivity index (χ3v) is 3.48. The van der Waals surface area contributed by atoms with Crippen LogP contribution in [-0.4, -0.2) is 5.11 Å². The Labute approximate surface area is 127 Å². The van der Waals surface area contributed by atoms with E-state index in [0.717, 1.165) is 18.5 Å². The number of aromatic hydroxyl groups is 1. The first-order chi connectivity index (χ1) is 9.94. The van der Waals surface area contributed by atoms with Crippen LogP contribution in [0.25, 0.3) is 0 Å². The standard InChI is InChI=1S/C19H25NO/c1-19(2,3)13-18(16-9-5-4-6-10-16)20-14-15-8-7-11-17(21)12-15/h4-12,18,20-21H,13-14H2,1-3H3. The van der Waals surface area contributed by atoms with Gasteiger partial charge in [-0.15, -0.1) is 0 Å². The first-order valence-electron chi connectivity index (χ1n) is 7.50. The highest BCUT2D eigenvalue weighted by Gasteiger charge is 2.19. The summed E-state index contributed by atoms with van der Waals surface area (Å²) in [5, 5.41) is 13.2. The lowest BCUT2D eigenvalue weighted by Crippen LogP contribution is -2.25. The van der Waals surface area contributed by atoms with Crippen molar-refractivity contribution in [2.45, 2.75) is 39.8 Å². The van der Waals surface area contributed by atoms with Gasteiger partial charge in [-0.1, -0.05) is 63.2 Å². The van der Waals surface area contributed by atoms with Crippen LogP contribution in [0.1, 0.15) is 44.4 Å². The van der Waals surface area contributed by atoms with Gasteiger partial charge >= 0.3 is 0 Å². The molecule has 1 unspecified atom stereocenters. The van der Waals surface area contributed by atoms with E-state index >= 15 is 0 Å². The van der Waals surface area contributed by atoms with Gasteiger partial charge in [-0.05, 0) is 35.1 Å². The van der Waals surface area contributed by atoms with E-state index in [1.165, 1.54) is 5.56 Å². The average Bonchev–Trinajstić information content (AvgIpc) is 2.43. The first kappa shape index (κ1) is 15.6. The van der Waals surface area contributed by atoms with Gasteiger partial charge in [0.2, 0.25) is 0 Å². The maximum absolute atomic E-state index is 9.55. The van der Waals surface area contributed by atoms with Gasteiger partial charge in [0.05, 0.1) is 0 Å². The summed E-state index contributed by atoms with van der Waals surface area (Å²) in [6.45, 7) is 7.54. The van der Waals surface area contributed by atoms with Crippen molar-refractivity contribution in [3.63, 3.8) is 0 Å². The van der Waals surface area contributed by atoms with E-state index < -0.39 is 0 Å². The van der Waals surface area contributed by atoms with E-state index in [4.69, 9.17) is 0 Å². The van der Waals surface area contributed by atoms with Crippen LogP contribution in [0, 0.1) is 5.41 Å². The summed E-state index contributed by atoms with van der Waals surface area (Å²) in [5.74, 6) is 0.321. The molecular formula is C19H25NO. The molecule has 0 fully saturated rings. The Morgan fingerprint density at radius 1 is 1.00 bits per heavy atom. The third kappa shape index (κ3) is 5.24. The van der Waals surface area contributed by atoms with Gasteiger partial charge in [0, 0.05) is 12.6 Å². The van der Waals surface area contributed by atoms with Gasteiger partial charge in [0.15, 0.2) is 0 Å². The molecule has 0 spiro atoms. The smallest absolute Gasteiger partial charge is 0.115 e. The van der Waals surface area contributed by atoms with Crippen molar-refractivity contribution in [2.24, 2.45) is 5.41 Å². The van der Waals surface area contributed by atoms with E-state index in [1.54, 1.807) is 6.07 Å². The largest absolute Gasteiger partial charge is 0.508 e. The quantitative estimate of drug-likeness (QED) is 0.836. The minimum Gasteiger partial charge on any atom is -0.508 e. The molecule has 0 aliphatic heterocycles. The Morgan fingerprint density at radius 2 is 1.71 bits per heavy atom. The minimum absolute atomic E-state index is 0.256. The Balaban J connectivity index is 2.09. The van der Waals surface area contributed by atoms with Crippen LogP contribution in [0.2, 0.25) is 0 Å². The number of hydrogen-bond donors (Lipinski definition) is 2. The summed E-state index contributed by atoms with van der Waals surface area (Å²) in [6, 6.07) is 18.3. The summed E-state index contributed by atoms with van der Waals surface area (Å²) in [4.78, 5) is 0. The zero-order chi connectivity index (χ0) is 15.3. The molecule has 0 heterocycles. The molecule has 0 saturated heterocycles. The van der Waals surface area contributed by atoms with Gasteiger partial charge in [0.1, 0.15) is 5.75 Å². The molecule has 0 aromatic heterocycles. The van der Waals surface area contributed by atoms with E-state index in [1.807, 2.05) is 24.3 Å². The molecule has 0 aliphatic rings. The zero-order valence-electron chi connectivity index (χ0n) is 13.1. The third-order valence-electron chi connectivity index (χ3n) is 3.48. The van der Waals surface area contributed by atoms with E-state index in [9.17, 15) is 5.11 Å². The van der Waals surface area contributed by atoms with Gasteiger partial charge in [-0.2, -0.15) is 0 Å². The molecule has 21 heavy (non-hydrogen) atoms. The maximum Gasteiger partial charge on any atom is 0.115 e. The monoisotopic (exact) mass is 283 g/mol. The molecule has 0 radical (unpaired) electrons. The summed E-state index contributed by atoms with van der Waals surface area (Å²) < 4.78 is 0. The molecule has 0 aliphatic carbocycles. The molecule has 1 atom stereocenters. The normalized spacial score (nSPS) is 13.1. The summed E-state index contributed by atoms with van der Waals surface area (Å²) in [7, 11) is 0. The molecule has 0 amide bonds. The molecule has 0 bridgehead atoms. The Bertz CT molecular complexity index is 557. The van der Waals surface area contributed by atoms with Crippen LogP contribution < -0.4 is 5.32 Å². The van der Waals surface area contributed by atoms with Gasteiger partial charge in [-0.25, -0.2) is 0 Å². The van der Waals surface area contributed by atoms with Crippen molar-refractivity contribution in [3.05, 3.63) is 65.7 Å². The lowest BCUT2D eigenvalue weighted by atomic mass is 9.85. The van der Waals surface area contributed by atoms with Gasteiger partial charge in [0.25, 0.3) is 0 Å². The Morgan fingerprint density at radius 3 is 2.33 bits per heavy atom. The van der Waals surface area contributed by atoms with E-state index in [-0.39, 0.29) is 5.41 Å². The molecule has 2 N–H and O–H groups in total. The van der Waals surface area contributed by atoms with Crippen molar-refractivity contribution < 1.29 is 5.11 Å². The number of phenols is 1. The van der Waals surface area contributed by atoms with Gasteiger partial charge in [-0.3, -0.25) is 0 Å². The van der Waals surface area contributed by atoms with Gasteiger partial charge < -0.3 is 10.4 Å². The highest BCUT2D eigenvalue weighted by atomic mass is 16.3. The van der Waals surface area contributed by atoms with E-state index in [2.05, 4.69) is 50.4 Å². The second-order valence-electron chi connectivity index (χ2n) is 6.78. The van der Waals surface area contributed by atoms with Crippen LogP contribution in [-0.2, 0) is 6.54 Å². The number of hydrogen-bond acceptors (Lipinski definition) is 2. The fraction of sp³-hybridized carbons (Fsp3) is 0.368. The molecule has 2 aromatic carbocycles. The second kappa shape index (κ2) is 6.77. The van der Waals surface area contributed by atoms with Crippen molar-refractivity contribution in [1.29, 1.82) is 0 Å². The van der Waals surface area contributed by atoms with Crippen LogP contribution in [0.5, 0.6) is 5.75 Å². The number of benzene rings is 2. The molecule has 0 saturated carbocycles. The maximum atomic E-state index is 9.55. The average molecular weight is 283 g/mol. The summed E-state index contributed by atoms with van der Waals surface area (Å²) in [6.07, 6.45) is 1.07. The fourth-order valence-electron chi connectivity index (χ4n) is 2.51. The highest BCUT2D eigenvalue weighted by molar-refractivity contribution is 5.27. The molecule has 112 valence electrons. The number of nitrogens with one attached hydrogen (secondary N) is 1.